The second kappa shape index (κ2) is 11.3. The zero-order valence-corrected chi connectivity index (χ0v) is 18.4. The minimum Gasteiger partial charge on any atom is -0.305 e. The van der Waals surface area contributed by atoms with Gasteiger partial charge in [-0.25, -0.2) is 0 Å². The first kappa shape index (κ1) is 21.9. The van der Waals surface area contributed by atoms with Crippen LogP contribution >= 0.6 is 0 Å². The van der Waals surface area contributed by atoms with Crippen molar-refractivity contribution in [3.8, 4) is 0 Å². The van der Waals surface area contributed by atoms with Crippen molar-refractivity contribution >= 4 is 0 Å². The number of nitrogens with one attached hydrogen (secondary N) is 2. The van der Waals surface area contributed by atoms with Gasteiger partial charge in [0, 0.05) is 12.4 Å². The summed E-state index contributed by atoms with van der Waals surface area (Å²) in [6.45, 7) is 4.00. The molecule has 0 aliphatic heterocycles. The maximum Gasteiger partial charge on any atom is 0.0751 e. The van der Waals surface area contributed by atoms with Crippen LogP contribution in [-0.2, 0) is 0 Å². The summed E-state index contributed by atoms with van der Waals surface area (Å²) in [5, 5.41) is 7.47. The van der Waals surface area contributed by atoms with Gasteiger partial charge in [-0.1, -0.05) is 79.7 Å². The van der Waals surface area contributed by atoms with Crippen LogP contribution < -0.4 is 10.6 Å². The minimum absolute atomic E-state index is 0.0700. The van der Waals surface area contributed by atoms with Crippen LogP contribution in [0.15, 0.2) is 109 Å². The monoisotopic (exact) mass is 422 g/mol. The van der Waals surface area contributed by atoms with Crippen LogP contribution in [0.1, 0.15) is 41.5 Å². The zero-order valence-electron chi connectivity index (χ0n) is 18.4. The third-order valence-electron chi connectivity index (χ3n) is 5.57. The van der Waals surface area contributed by atoms with Gasteiger partial charge in [-0.05, 0) is 54.4 Å². The first-order chi connectivity index (χ1) is 15.8. The molecule has 0 amide bonds. The topological polar surface area (TPSA) is 49.8 Å². The van der Waals surface area contributed by atoms with E-state index in [1.54, 1.807) is 0 Å². The smallest absolute Gasteiger partial charge is 0.0751 e. The molecule has 4 aromatic rings. The van der Waals surface area contributed by atoms with Crippen molar-refractivity contribution in [1.82, 2.24) is 20.6 Å². The van der Waals surface area contributed by atoms with Crippen LogP contribution in [0.4, 0.5) is 0 Å². The van der Waals surface area contributed by atoms with E-state index < -0.39 is 0 Å². The van der Waals surface area contributed by atoms with Crippen molar-refractivity contribution in [2.24, 2.45) is 5.92 Å². The number of hydrogen-bond acceptors (Lipinski definition) is 4. The van der Waals surface area contributed by atoms with Crippen LogP contribution in [0.3, 0.4) is 0 Å². The predicted octanol–water partition coefficient (Wildman–Crippen LogP) is 5.17. The van der Waals surface area contributed by atoms with Gasteiger partial charge in [0.1, 0.15) is 0 Å². The molecule has 32 heavy (non-hydrogen) atoms. The summed E-state index contributed by atoms with van der Waals surface area (Å²) < 4.78 is 0. The van der Waals surface area contributed by atoms with Crippen molar-refractivity contribution in [3.05, 3.63) is 132 Å². The molecular formula is C28H30N4. The lowest BCUT2D eigenvalue weighted by Crippen LogP contribution is -2.34. The first-order valence-corrected chi connectivity index (χ1v) is 11.2. The van der Waals surface area contributed by atoms with Gasteiger partial charge in [0.2, 0.25) is 0 Å². The Kier molecular flexibility index (Phi) is 7.74. The molecule has 2 aromatic heterocycles. The Bertz CT molecular complexity index is 874. The van der Waals surface area contributed by atoms with Gasteiger partial charge in [-0.15, -0.1) is 0 Å². The van der Waals surface area contributed by atoms with Gasteiger partial charge in [0.15, 0.2) is 0 Å². The van der Waals surface area contributed by atoms with Crippen LogP contribution in [-0.4, -0.2) is 23.1 Å². The maximum atomic E-state index is 4.60. The van der Waals surface area contributed by atoms with Crippen molar-refractivity contribution in [1.29, 1.82) is 0 Å². The van der Waals surface area contributed by atoms with Crippen LogP contribution in [0, 0.1) is 5.92 Å². The van der Waals surface area contributed by atoms with E-state index in [4.69, 9.17) is 0 Å². The fraction of sp³-hybridized carbons (Fsp3) is 0.214. The third-order valence-corrected chi connectivity index (χ3v) is 5.57. The molecule has 2 N–H and O–H groups in total. The zero-order chi connectivity index (χ0) is 22.0. The summed E-state index contributed by atoms with van der Waals surface area (Å²) in [7, 11) is 0. The molecule has 0 saturated heterocycles. The Morgan fingerprint density at radius 3 is 1.34 bits per heavy atom. The Balaban J connectivity index is 1.42. The quantitative estimate of drug-likeness (QED) is 0.370. The van der Waals surface area contributed by atoms with Gasteiger partial charge in [0.05, 0.1) is 23.5 Å². The average molecular weight is 423 g/mol. The molecule has 162 valence electrons. The van der Waals surface area contributed by atoms with E-state index in [-0.39, 0.29) is 12.1 Å². The van der Waals surface area contributed by atoms with Crippen molar-refractivity contribution in [2.45, 2.75) is 19.0 Å². The predicted molar refractivity (Wildman–Crippen MR) is 130 cm³/mol. The summed E-state index contributed by atoms with van der Waals surface area (Å²) in [6, 6.07) is 33.3. The number of hydrogen-bond donors (Lipinski definition) is 2. The molecule has 0 saturated carbocycles. The van der Waals surface area contributed by atoms with Crippen LogP contribution in [0.25, 0.3) is 0 Å². The largest absolute Gasteiger partial charge is 0.305 e. The van der Waals surface area contributed by atoms with Gasteiger partial charge < -0.3 is 10.6 Å². The highest BCUT2D eigenvalue weighted by Gasteiger charge is 2.18. The number of rotatable bonds is 10. The SMILES string of the molecule is CC(CNC(c1ccccc1)c1ccccn1)CNC(c1ccccc1)c1ccccn1. The van der Waals surface area contributed by atoms with Gasteiger partial charge in [-0.3, -0.25) is 9.97 Å². The molecular weight excluding hydrogens is 392 g/mol. The van der Waals surface area contributed by atoms with Gasteiger partial charge >= 0.3 is 0 Å². The lowest BCUT2D eigenvalue weighted by Gasteiger charge is -2.24. The highest BCUT2D eigenvalue weighted by Crippen LogP contribution is 2.22. The Hall–Kier alpha value is -3.34. The average Bonchev–Trinajstić information content (AvgIpc) is 2.87. The lowest BCUT2D eigenvalue weighted by atomic mass is 10.0. The molecule has 2 unspecified atom stereocenters. The molecule has 0 radical (unpaired) electrons. The van der Waals surface area contributed by atoms with Crippen molar-refractivity contribution in [2.75, 3.05) is 13.1 Å². The van der Waals surface area contributed by atoms with E-state index in [2.05, 4.69) is 88.2 Å². The Morgan fingerprint density at radius 2 is 0.969 bits per heavy atom. The molecule has 0 aliphatic carbocycles. The Morgan fingerprint density at radius 1 is 0.562 bits per heavy atom. The number of nitrogens with zero attached hydrogens (tertiary/aromatic N) is 2. The summed E-state index contributed by atoms with van der Waals surface area (Å²) in [5.74, 6) is 0.417. The van der Waals surface area contributed by atoms with E-state index >= 15 is 0 Å². The van der Waals surface area contributed by atoms with E-state index in [9.17, 15) is 0 Å². The Labute approximate surface area is 190 Å². The fourth-order valence-electron chi connectivity index (χ4n) is 3.88. The highest BCUT2D eigenvalue weighted by molar-refractivity contribution is 5.28. The first-order valence-electron chi connectivity index (χ1n) is 11.2. The molecule has 4 nitrogen and oxygen atoms in total. The third kappa shape index (κ3) is 5.88. The maximum absolute atomic E-state index is 4.60. The van der Waals surface area contributed by atoms with Crippen molar-refractivity contribution in [3.63, 3.8) is 0 Å². The molecule has 0 fully saturated rings. The normalized spacial score (nSPS) is 13.9. The molecule has 4 rings (SSSR count). The molecule has 2 atom stereocenters. The van der Waals surface area contributed by atoms with Gasteiger partial charge in [-0.2, -0.15) is 0 Å². The van der Waals surface area contributed by atoms with E-state index in [0.717, 1.165) is 24.5 Å². The molecule has 0 bridgehead atoms. The summed E-state index contributed by atoms with van der Waals surface area (Å²) in [6.07, 6.45) is 3.71. The lowest BCUT2D eigenvalue weighted by molar-refractivity contribution is 0.433. The fourth-order valence-corrected chi connectivity index (χ4v) is 3.88. The van der Waals surface area contributed by atoms with Crippen molar-refractivity contribution < 1.29 is 0 Å². The second-order valence-corrected chi connectivity index (χ2v) is 8.12. The molecule has 4 heteroatoms. The van der Waals surface area contributed by atoms with Crippen LogP contribution in [0.5, 0.6) is 0 Å². The molecule has 2 heterocycles. The van der Waals surface area contributed by atoms with E-state index in [0.29, 0.717) is 5.92 Å². The molecule has 2 aromatic carbocycles. The van der Waals surface area contributed by atoms with E-state index in [1.807, 2.05) is 48.8 Å². The highest BCUT2D eigenvalue weighted by atomic mass is 15.0. The molecule has 0 spiro atoms. The van der Waals surface area contributed by atoms with Gasteiger partial charge in [0.25, 0.3) is 0 Å². The minimum atomic E-state index is 0.0700. The standard InChI is InChI=1S/C28H30N4/c1-22(20-31-27(23-12-4-2-5-13-23)25-16-8-10-18-29-25)21-32-28(24-14-6-3-7-15-24)26-17-9-11-19-30-26/h2-19,22,27-28,31-32H,20-21H2,1H3. The number of benzene rings is 2. The second-order valence-electron chi connectivity index (χ2n) is 8.12. The summed E-state index contributed by atoms with van der Waals surface area (Å²) in [4.78, 5) is 9.20. The summed E-state index contributed by atoms with van der Waals surface area (Å²) >= 11 is 0. The summed E-state index contributed by atoms with van der Waals surface area (Å²) in [5.41, 5.74) is 4.52. The number of pyridine rings is 2. The van der Waals surface area contributed by atoms with E-state index in [1.165, 1.54) is 11.1 Å². The number of aromatic nitrogens is 2. The van der Waals surface area contributed by atoms with Crippen LogP contribution in [0.2, 0.25) is 0 Å². The molecule has 0 aliphatic rings.